The Morgan fingerprint density at radius 2 is 2.09 bits per heavy atom. The zero-order chi connectivity index (χ0) is 15.7. The van der Waals surface area contributed by atoms with Crippen molar-refractivity contribution in [2.45, 2.75) is 33.6 Å². The Balaban J connectivity index is 1.71. The quantitative estimate of drug-likeness (QED) is 0.937. The summed E-state index contributed by atoms with van der Waals surface area (Å²) in [4.78, 5) is 11.6. The number of hydrogen-bond donors (Lipinski definition) is 1. The highest BCUT2D eigenvalue weighted by Gasteiger charge is 2.17. The number of piperidine rings is 1. The van der Waals surface area contributed by atoms with E-state index in [0.717, 1.165) is 47.4 Å². The predicted molar refractivity (Wildman–Crippen MR) is 89.1 cm³/mol. The Hall–Kier alpha value is -1.69. The summed E-state index contributed by atoms with van der Waals surface area (Å²) in [5.41, 5.74) is 1.88. The van der Waals surface area contributed by atoms with Crippen LogP contribution in [0.3, 0.4) is 0 Å². The van der Waals surface area contributed by atoms with Gasteiger partial charge >= 0.3 is 0 Å². The second kappa shape index (κ2) is 6.20. The van der Waals surface area contributed by atoms with Crippen molar-refractivity contribution in [2.75, 3.05) is 31.5 Å². The van der Waals surface area contributed by atoms with Crippen molar-refractivity contribution in [3.63, 3.8) is 0 Å². The van der Waals surface area contributed by atoms with E-state index in [9.17, 15) is 0 Å². The summed E-state index contributed by atoms with van der Waals surface area (Å²) in [7, 11) is 1.93. The molecule has 0 unspecified atom stereocenters. The van der Waals surface area contributed by atoms with Gasteiger partial charge in [0.1, 0.15) is 11.6 Å². The summed E-state index contributed by atoms with van der Waals surface area (Å²) in [6.07, 6.45) is 2.68. The number of aromatic nitrogens is 4. The second-order valence-electron chi connectivity index (χ2n) is 6.50. The van der Waals surface area contributed by atoms with Crippen LogP contribution in [0.15, 0.2) is 0 Å². The first kappa shape index (κ1) is 15.2. The molecular weight excluding hydrogens is 276 g/mol. The maximum Gasteiger partial charge on any atom is 0.163 e. The lowest BCUT2D eigenvalue weighted by Gasteiger charge is -2.30. The van der Waals surface area contributed by atoms with Crippen molar-refractivity contribution in [2.24, 2.45) is 13.0 Å². The van der Waals surface area contributed by atoms with Crippen LogP contribution in [-0.4, -0.2) is 50.8 Å². The molecule has 0 saturated carbocycles. The van der Waals surface area contributed by atoms with E-state index in [4.69, 9.17) is 0 Å². The molecule has 6 heteroatoms. The molecule has 1 aliphatic heterocycles. The normalized spacial score (nSPS) is 19.7. The molecule has 120 valence electrons. The van der Waals surface area contributed by atoms with Crippen molar-refractivity contribution in [1.82, 2.24) is 24.6 Å². The van der Waals surface area contributed by atoms with Gasteiger partial charge in [-0.2, -0.15) is 5.10 Å². The number of anilines is 1. The van der Waals surface area contributed by atoms with Gasteiger partial charge in [-0.1, -0.05) is 6.92 Å². The molecule has 22 heavy (non-hydrogen) atoms. The Labute approximate surface area is 131 Å². The minimum absolute atomic E-state index is 0.782. The molecule has 0 radical (unpaired) electrons. The first-order chi connectivity index (χ1) is 10.5. The molecule has 0 aromatic carbocycles. The fraction of sp³-hybridized carbons (Fsp3) is 0.688. The fourth-order valence-corrected chi connectivity index (χ4v) is 3.40. The predicted octanol–water partition coefficient (Wildman–Crippen LogP) is 2.12. The lowest BCUT2D eigenvalue weighted by Crippen LogP contribution is -2.37. The van der Waals surface area contributed by atoms with Crippen LogP contribution in [0, 0.1) is 19.8 Å². The molecule has 1 aliphatic rings. The third kappa shape index (κ3) is 3.06. The molecule has 2 aromatic rings. The number of fused-ring (bicyclic) bond motifs is 1. The molecule has 2 aromatic heterocycles. The number of aryl methyl sites for hydroxylation is 3. The molecule has 0 aliphatic carbocycles. The minimum Gasteiger partial charge on any atom is -0.368 e. The van der Waals surface area contributed by atoms with Gasteiger partial charge < -0.3 is 10.2 Å². The van der Waals surface area contributed by atoms with E-state index < -0.39 is 0 Å². The lowest BCUT2D eigenvalue weighted by atomic mass is 10.0. The molecule has 1 fully saturated rings. The van der Waals surface area contributed by atoms with E-state index in [2.05, 4.69) is 32.2 Å². The van der Waals surface area contributed by atoms with Crippen LogP contribution in [-0.2, 0) is 7.05 Å². The van der Waals surface area contributed by atoms with Crippen molar-refractivity contribution < 1.29 is 0 Å². The van der Waals surface area contributed by atoms with E-state index in [1.54, 1.807) is 0 Å². The smallest absolute Gasteiger partial charge is 0.163 e. The summed E-state index contributed by atoms with van der Waals surface area (Å²) in [5, 5.41) is 9.00. The molecule has 3 heterocycles. The maximum absolute atomic E-state index is 4.58. The van der Waals surface area contributed by atoms with Gasteiger partial charge in [0, 0.05) is 26.7 Å². The Bertz CT molecular complexity index is 662. The Kier molecular flexibility index (Phi) is 4.29. The summed E-state index contributed by atoms with van der Waals surface area (Å²) in [6.45, 7) is 10.7. The number of hydrogen-bond acceptors (Lipinski definition) is 5. The second-order valence-corrected chi connectivity index (χ2v) is 6.50. The molecule has 0 spiro atoms. The SMILES string of the molecule is Cc1nc(NCCN2CCC[C@H](C)C2)c2c(C)nn(C)c2n1. The zero-order valence-electron chi connectivity index (χ0n) is 14.1. The first-order valence-corrected chi connectivity index (χ1v) is 8.18. The van der Waals surface area contributed by atoms with Gasteiger partial charge in [-0.15, -0.1) is 0 Å². The largest absolute Gasteiger partial charge is 0.368 e. The van der Waals surface area contributed by atoms with Gasteiger partial charge in [-0.05, 0) is 39.2 Å². The number of nitrogens with zero attached hydrogens (tertiary/aromatic N) is 5. The van der Waals surface area contributed by atoms with Crippen LogP contribution in [0.5, 0.6) is 0 Å². The van der Waals surface area contributed by atoms with Crippen LogP contribution < -0.4 is 5.32 Å². The molecule has 1 saturated heterocycles. The molecule has 1 N–H and O–H groups in total. The lowest BCUT2D eigenvalue weighted by molar-refractivity contribution is 0.190. The number of likely N-dealkylation sites (tertiary alicyclic amines) is 1. The first-order valence-electron chi connectivity index (χ1n) is 8.18. The van der Waals surface area contributed by atoms with Crippen LogP contribution in [0.2, 0.25) is 0 Å². The average Bonchev–Trinajstić information content (AvgIpc) is 2.74. The van der Waals surface area contributed by atoms with E-state index in [1.165, 1.54) is 25.9 Å². The highest BCUT2D eigenvalue weighted by Crippen LogP contribution is 2.23. The molecule has 1 atom stereocenters. The third-order valence-corrected chi connectivity index (χ3v) is 4.43. The van der Waals surface area contributed by atoms with E-state index in [-0.39, 0.29) is 0 Å². The monoisotopic (exact) mass is 302 g/mol. The number of nitrogens with one attached hydrogen (secondary N) is 1. The van der Waals surface area contributed by atoms with Crippen molar-refractivity contribution in [3.8, 4) is 0 Å². The van der Waals surface area contributed by atoms with Crippen molar-refractivity contribution in [1.29, 1.82) is 0 Å². The van der Waals surface area contributed by atoms with Gasteiger partial charge in [-0.25, -0.2) is 9.97 Å². The zero-order valence-corrected chi connectivity index (χ0v) is 14.1. The van der Waals surface area contributed by atoms with Crippen molar-refractivity contribution in [3.05, 3.63) is 11.5 Å². The van der Waals surface area contributed by atoms with Crippen LogP contribution >= 0.6 is 0 Å². The van der Waals surface area contributed by atoms with Crippen molar-refractivity contribution >= 4 is 16.9 Å². The van der Waals surface area contributed by atoms with Gasteiger partial charge in [-0.3, -0.25) is 4.68 Å². The maximum atomic E-state index is 4.58. The molecule has 6 nitrogen and oxygen atoms in total. The van der Waals surface area contributed by atoms with Crippen LogP contribution in [0.4, 0.5) is 5.82 Å². The summed E-state index contributed by atoms with van der Waals surface area (Å²) < 4.78 is 1.83. The minimum atomic E-state index is 0.782. The average molecular weight is 302 g/mol. The van der Waals surface area contributed by atoms with E-state index in [1.807, 2.05) is 25.6 Å². The number of rotatable bonds is 4. The van der Waals surface area contributed by atoms with Crippen LogP contribution in [0.25, 0.3) is 11.0 Å². The standard InChI is InChI=1S/C16H26N6/c1-11-6-5-8-22(10-11)9-7-17-15-14-12(2)20-21(4)16(14)19-13(3)18-15/h11H,5-10H2,1-4H3,(H,17,18,19)/t11-/m0/s1. The molecule has 0 bridgehead atoms. The van der Waals surface area contributed by atoms with Gasteiger partial charge in [0.05, 0.1) is 11.1 Å². The van der Waals surface area contributed by atoms with Gasteiger partial charge in [0.25, 0.3) is 0 Å². The molecule has 3 rings (SSSR count). The van der Waals surface area contributed by atoms with E-state index in [0.29, 0.717) is 0 Å². The molecule has 0 amide bonds. The highest BCUT2D eigenvalue weighted by atomic mass is 15.3. The molecular formula is C16H26N6. The highest BCUT2D eigenvalue weighted by molar-refractivity contribution is 5.89. The van der Waals surface area contributed by atoms with Crippen LogP contribution in [0.1, 0.15) is 31.3 Å². The fourth-order valence-electron chi connectivity index (χ4n) is 3.40. The topological polar surface area (TPSA) is 58.9 Å². The Morgan fingerprint density at radius 1 is 1.27 bits per heavy atom. The summed E-state index contributed by atoms with van der Waals surface area (Å²) in [5.74, 6) is 2.52. The summed E-state index contributed by atoms with van der Waals surface area (Å²) >= 11 is 0. The van der Waals surface area contributed by atoms with Gasteiger partial charge in [0.2, 0.25) is 0 Å². The van der Waals surface area contributed by atoms with Gasteiger partial charge in [0.15, 0.2) is 5.65 Å². The third-order valence-electron chi connectivity index (χ3n) is 4.43. The summed E-state index contributed by atoms with van der Waals surface area (Å²) in [6, 6.07) is 0. The Morgan fingerprint density at radius 3 is 2.86 bits per heavy atom. The van der Waals surface area contributed by atoms with E-state index >= 15 is 0 Å².